The number of Topliss-reactive ketones (excluding diaryl/α,β-unsaturated/α-hetero) is 1. The summed E-state index contributed by atoms with van der Waals surface area (Å²) in [6.45, 7) is 2.64. The van der Waals surface area contributed by atoms with Gasteiger partial charge in [-0.3, -0.25) is 4.79 Å². The monoisotopic (exact) mass is 307 g/mol. The Labute approximate surface area is 129 Å². The second-order valence-electron chi connectivity index (χ2n) is 5.00. The molecule has 1 aliphatic rings. The SMILES string of the molecule is CCOC(=O)C(Nc1ccc(OC)cc1)C1COCCC1=O. The molecular formula is C16H21NO5. The van der Waals surface area contributed by atoms with Crippen molar-refractivity contribution in [2.75, 3.05) is 32.2 Å². The van der Waals surface area contributed by atoms with Crippen LogP contribution in [0.3, 0.4) is 0 Å². The van der Waals surface area contributed by atoms with E-state index in [1.54, 1.807) is 38.3 Å². The van der Waals surface area contributed by atoms with Crippen LogP contribution in [0.15, 0.2) is 24.3 Å². The molecule has 2 unspecified atom stereocenters. The van der Waals surface area contributed by atoms with Crippen LogP contribution in [0, 0.1) is 5.92 Å². The van der Waals surface area contributed by atoms with Crippen LogP contribution in [0.25, 0.3) is 0 Å². The number of ketones is 1. The van der Waals surface area contributed by atoms with E-state index < -0.39 is 17.9 Å². The van der Waals surface area contributed by atoms with E-state index >= 15 is 0 Å². The predicted molar refractivity (Wildman–Crippen MR) is 81.0 cm³/mol. The smallest absolute Gasteiger partial charge is 0.329 e. The second-order valence-corrected chi connectivity index (χ2v) is 5.00. The van der Waals surface area contributed by atoms with E-state index in [0.717, 1.165) is 11.4 Å². The highest BCUT2D eigenvalue weighted by atomic mass is 16.5. The van der Waals surface area contributed by atoms with Crippen LogP contribution in [-0.4, -0.2) is 44.7 Å². The van der Waals surface area contributed by atoms with Gasteiger partial charge in [-0.2, -0.15) is 0 Å². The Kier molecular flexibility index (Phi) is 5.77. The number of nitrogens with one attached hydrogen (secondary N) is 1. The molecule has 0 aromatic heterocycles. The fraction of sp³-hybridized carbons (Fsp3) is 0.500. The summed E-state index contributed by atoms with van der Waals surface area (Å²) in [5.41, 5.74) is 0.720. The summed E-state index contributed by atoms with van der Waals surface area (Å²) in [5.74, 6) is -0.238. The fourth-order valence-corrected chi connectivity index (χ4v) is 2.37. The van der Waals surface area contributed by atoms with Gasteiger partial charge in [0.25, 0.3) is 0 Å². The van der Waals surface area contributed by atoms with Gasteiger partial charge in [0, 0.05) is 12.1 Å². The molecule has 0 aliphatic carbocycles. The highest BCUT2D eigenvalue weighted by molar-refractivity contribution is 5.91. The van der Waals surface area contributed by atoms with Crippen LogP contribution in [0.4, 0.5) is 5.69 Å². The Balaban J connectivity index is 2.15. The number of carbonyl (C=O) groups is 2. The van der Waals surface area contributed by atoms with Crippen LogP contribution in [0.1, 0.15) is 13.3 Å². The second kappa shape index (κ2) is 7.79. The topological polar surface area (TPSA) is 73.9 Å². The van der Waals surface area contributed by atoms with Crippen molar-refractivity contribution in [2.45, 2.75) is 19.4 Å². The van der Waals surface area contributed by atoms with Crippen molar-refractivity contribution in [3.8, 4) is 5.75 Å². The first-order chi connectivity index (χ1) is 10.7. The van der Waals surface area contributed by atoms with Crippen LogP contribution >= 0.6 is 0 Å². The summed E-state index contributed by atoms with van der Waals surface area (Å²) in [6, 6.07) is 6.40. The molecule has 1 aliphatic heterocycles. The number of ether oxygens (including phenoxy) is 3. The summed E-state index contributed by atoms with van der Waals surface area (Å²) in [7, 11) is 1.59. The number of benzene rings is 1. The van der Waals surface area contributed by atoms with Gasteiger partial charge in [-0.15, -0.1) is 0 Å². The number of hydrogen-bond acceptors (Lipinski definition) is 6. The van der Waals surface area contributed by atoms with Gasteiger partial charge in [0.05, 0.1) is 32.8 Å². The molecule has 0 saturated carbocycles. The molecule has 1 saturated heterocycles. The quantitative estimate of drug-likeness (QED) is 0.806. The van der Waals surface area contributed by atoms with Gasteiger partial charge in [-0.25, -0.2) is 4.79 Å². The Morgan fingerprint density at radius 1 is 1.41 bits per heavy atom. The number of hydrogen-bond donors (Lipinski definition) is 1. The first-order valence-corrected chi connectivity index (χ1v) is 7.33. The van der Waals surface area contributed by atoms with E-state index in [2.05, 4.69) is 5.32 Å². The van der Waals surface area contributed by atoms with Crippen molar-refractivity contribution < 1.29 is 23.8 Å². The highest BCUT2D eigenvalue weighted by Crippen LogP contribution is 2.21. The number of rotatable bonds is 6. The van der Waals surface area contributed by atoms with E-state index in [-0.39, 0.29) is 19.0 Å². The summed E-state index contributed by atoms with van der Waals surface area (Å²) in [4.78, 5) is 24.3. The Morgan fingerprint density at radius 2 is 2.14 bits per heavy atom. The van der Waals surface area contributed by atoms with Gasteiger partial charge in [-0.05, 0) is 31.2 Å². The summed E-state index contributed by atoms with van der Waals surface area (Å²) < 4.78 is 15.5. The molecule has 22 heavy (non-hydrogen) atoms. The lowest BCUT2D eigenvalue weighted by molar-refractivity contribution is -0.150. The molecule has 1 aromatic carbocycles. The lowest BCUT2D eigenvalue weighted by Gasteiger charge is -2.28. The molecule has 1 fully saturated rings. The van der Waals surface area contributed by atoms with Crippen molar-refractivity contribution in [2.24, 2.45) is 5.92 Å². The van der Waals surface area contributed by atoms with Gasteiger partial charge in [0.1, 0.15) is 17.6 Å². The first kappa shape index (κ1) is 16.3. The maximum Gasteiger partial charge on any atom is 0.329 e. The summed E-state index contributed by atoms with van der Waals surface area (Å²) >= 11 is 0. The van der Waals surface area contributed by atoms with Crippen LogP contribution in [0.2, 0.25) is 0 Å². The summed E-state index contributed by atoms with van der Waals surface area (Å²) in [5, 5.41) is 3.08. The van der Waals surface area contributed by atoms with E-state index in [0.29, 0.717) is 13.0 Å². The minimum atomic E-state index is -0.749. The fourth-order valence-electron chi connectivity index (χ4n) is 2.37. The number of carbonyl (C=O) groups excluding carboxylic acids is 2. The standard InChI is InChI=1S/C16H21NO5/c1-3-22-16(19)15(13-10-21-9-8-14(13)18)17-11-4-6-12(20-2)7-5-11/h4-7,13,15,17H,3,8-10H2,1-2H3. The maximum absolute atomic E-state index is 12.2. The third-order valence-corrected chi connectivity index (χ3v) is 3.56. The molecule has 6 heteroatoms. The first-order valence-electron chi connectivity index (χ1n) is 7.33. The predicted octanol–water partition coefficient (Wildman–Crippen LogP) is 1.64. The highest BCUT2D eigenvalue weighted by Gasteiger charge is 2.36. The molecule has 2 atom stereocenters. The number of esters is 1. The molecule has 1 aromatic rings. The van der Waals surface area contributed by atoms with Gasteiger partial charge in [0.2, 0.25) is 0 Å². The molecule has 0 spiro atoms. The zero-order chi connectivity index (χ0) is 15.9. The van der Waals surface area contributed by atoms with E-state index in [1.807, 2.05) is 0 Å². The third kappa shape index (κ3) is 3.98. The van der Waals surface area contributed by atoms with Crippen LogP contribution < -0.4 is 10.1 Å². The molecule has 120 valence electrons. The van der Waals surface area contributed by atoms with Crippen molar-refractivity contribution in [1.82, 2.24) is 0 Å². The molecule has 0 amide bonds. The van der Waals surface area contributed by atoms with Gasteiger partial charge in [0.15, 0.2) is 0 Å². The largest absolute Gasteiger partial charge is 0.497 e. The van der Waals surface area contributed by atoms with Gasteiger partial charge in [-0.1, -0.05) is 0 Å². The minimum absolute atomic E-state index is 0.0188. The molecule has 2 rings (SSSR count). The normalized spacial score (nSPS) is 19.4. The van der Waals surface area contributed by atoms with Gasteiger partial charge < -0.3 is 19.5 Å². The molecule has 0 bridgehead atoms. The van der Waals surface area contributed by atoms with Crippen LogP contribution in [0.5, 0.6) is 5.75 Å². The lowest BCUT2D eigenvalue weighted by Crippen LogP contribution is -2.46. The van der Waals surface area contributed by atoms with Crippen molar-refractivity contribution >= 4 is 17.4 Å². The molecule has 1 N–H and O–H groups in total. The van der Waals surface area contributed by atoms with E-state index in [9.17, 15) is 9.59 Å². The zero-order valence-corrected chi connectivity index (χ0v) is 12.8. The van der Waals surface area contributed by atoms with Crippen molar-refractivity contribution in [3.63, 3.8) is 0 Å². The lowest BCUT2D eigenvalue weighted by atomic mass is 9.92. The van der Waals surface area contributed by atoms with Gasteiger partial charge >= 0.3 is 5.97 Å². The molecule has 0 radical (unpaired) electrons. The maximum atomic E-state index is 12.2. The third-order valence-electron chi connectivity index (χ3n) is 3.56. The average molecular weight is 307 g/mol. The summed E-state index contributed by atoms with van der Waals surface area (Å²) in [6.07, 6.45) is 0.324. The van der Waals surface area contributed by atoms with E-state index in [1.165, 1.54) is 0 Å². The molecular weight excluding hydrogens is 286 g/mol. The number of anilines is 1. The van der Waals surface area contributed by atoms with E-state index in [4.69, 9.17) is 14.2 Å². The average Bonchev–Trinajstić information content (AvgIpc) is 2.54. The van der Waals surface area contributed by atoms with Crippen molar-refractivity contribution in [3.05, 3.63) is 24.3 Å². The van der Waals surface area contributed by atoms with Crippen molar-refractivity contribution in [1.29, 1.82) is 0 Å². The van der Waals surface area contributed by atoms with Crippen LogP contribution in [-0.2, 0) is 19.1 Å². The number of methoxy groups -OCH3 is 1. The Hall–Kier alpha value is -2.08. The molecule has 1 heterocycles. The zero-order valence-electron chi connectivity index (χ0n) is 12.8. The molecule has 6 nitrogen and oxygen atoms in total. The minimum Gasteiger partial charge on any atom is -0.497 e. The Bertz CT molecular complexity index is 514. The Morgan fingerprint density at radius 3 is 2.73 bits per heavy atom.